The highest BCUT2D eigenvalue weighted by Crippen LogP contribution is 2.32. The van der Waals surface area contributed by atoms with Gasteiger partial charge in [-0.25, -0.2) is 4.98 Å². The molecule has 1 saturated heterocycles. The lowest BCUT2D eigenvalue weighted by Gasteiger charge is -2.22. The van der Waals surface area contributed by atoms with Crippen molar-refractivity contribution in [1.29, 1.82) is 0 Å². The number of hydrogen-bond donors (Lipinski definition) is 2. The quantitative estimate of drug-likeness (QED) is 0.506. The van der Waals surface area contributed by atoms with Crippen molar-refractivity contribution in [3.8, 4) is 16.9 Å². The zero-order chi connectivity index (χ0) is 20.3. The van der Waals surface area contributed by atoms with E-state index in [-0.39, 0.29) is 0 Å². The van der Waals surface area contributed by atoms with Crippen LogP contribution in [0.3, 0.4) is 0 Å². The molecule has 0 radical (unpaired) electrons. The van der Waals surface area contributed by atoms with Gasteiger partial charge in [-0.1, -0.05) is 30.3 Å². The molecule has 1 fully saturated rings. The zero-order valence-electron chi connectivity index (χ0n) is 17.0. The Morgan fingerprint density at radius 2 is 1.93 bits per heavy atom. The molecule has 0 bridgehead atoms. The number of rotatable bonds is 5. The second kappa shape index (κ2) is 8.16. The first kappa shape index (κ1) is 18.6. The van der Waals surface area contributed by atoms with Crippen LogP contribution >= 0.6 is 0 Å². The number of aromatic nitrogens is 3. The van der Waals surface area contributed by atoms with Gasteiger partial charge in [0.05, 0.1) is 25.0 Å². The number of para-hydroxylation sites is 2. The van der Waals surface area contributed by atoms with Crippen LogP contribution in [0.4, 0.5) is 11.5 Å². The largest absolute Gasteiger partial charge is 0.495 e. The van der Waals surface area contributed by atoms with E-state index in [1.165, 1.54) is 0 Å². The molecule has 1 aliphatic heterocycles. The number of nitrogens with zero attached hydrogens (tertiary/aromatic N) is 3. The van der Waals surface area contributed by atoms with Gasteiger partial charge in [0.2, 0.25) is 0 Å². The van der Waals surface area contributed by atoms with Crippen molar-refractivity contribution in [3.63, 3.8) is 0 Å². The third-order valence-electron chi connectivity index (χ3n) is 5.73. The van der Waals surface area contributed by atoms with E-state index in [9.17, 15) is 0 Å². The summed E-state index contributed by atoms with van der Waals surface area (Å²) < 4.78 is 7.58. The average Bonchev–Trinajstić information content (AvgIpc) is 3.30. The Bertz CT molecular complexity index is 1160. The lowest BCUT2D eigenvalue weighted by atomic mass is 10.0. The van der Waals surface area contributed by atoms with Crippen LogP contribution in [0.5, 0.6) is 5.75 Å². The van der Waals surface area contributed by atoms with Gasteiger partial charge in [-0.05, 0) is 55.1 Å². The Hall–Kier alpha value is -3.38. The van der Waals surface area contributed by atoms with Crippen LogP contribution in [-0.2, 0) is 0 Å². The predicted octanol–water partition coefficient (Wildman–Crippen LogP) is 4.78. The van der Waals surface area contributed by atoms with Crippen LogP contribution < -0.4 is 15.4 Å². The summed E-state index contributed by atoms with van der Waals surface area (Å²) in [7, 11) is 1.67. The van der Waals surface area contributed by atoms with E-state index in [4.69, 9.17) is 4.74 Å². The van der Waals surface area contributed by atoms with Crippen LogP contribution in [0.15, 0.2) is 67.1 Å². The Balaban J connectivity index is 1.50. The molecular formula is C24H25N5O. The van der Waals surface area contributed by atoms with E-state index in [2.05, 4.69) is 55.9 Å². The molecule has 152 valence electrons. The summed E-state index contributed by atoms with van der Waals surface area (Å²) in [5, 5.41) is 13.7. The second-order valence-electron chi connectivity index (χ2n) is 7.61. The normalized spacial score (nSPS) is 14.7. The SMILES string of the molecule is COc1ccccc1Nc1cc2c(-c3cnn(C4CCNCC4)c3)cccc2cn1. The van der Waals surface area contributed by atoms with Gasteiger partial charge < -0.3 is 15.4 Å². The lowest BCUT2D eigenvalue weighted by molar-refractivity contribution is 0.343. The maximum atomic E-state index is 5.45. The van der Waals surface area contributed by atoms with E-state index < -0.39 is 0 Å². The molecule has 0 saturated carbocycles. The summed E-state index contributed by atoms with van der Waals surface area (Å²) in [6.45, 7) is 2.11. The molecule has 0 spiro atoms. The van der Waals surface area contributed by atoms with Gasteiger partial charge in [0.1, 0.15) is 11.6 Å². The summed E-state index contributed by atoms with van der Waals surface area (Å²) in [5.41, 5.74) is 3.19. The number of ether oxygens (including phenoxy) is 1. The van der Waals surface area contributed by atoms with Crippen molar-refractivity contribution < 1.29 is 4.74 Å². The number of benzene rings is 2. The molecular weight excluding hydrogens is 374 g/mol. The minimum absolute atomic E-state index is 0.472. The Morgan fingerprint density at radius 3 is 2.80 bits per heavy atom. The van der Waals surface area contributed by atoms with Gasteiger partial charge in [-0.2, -0.15) is 5.10 Å². The Morgan fingerprint density at radius 1 is 1.07 bits per heavy atom. The highest BCUT2D eigenvalue weighted by Gasteiger charge is 2.17. The number of anilines is 2. The second-order valence-corrected chi connectivity index (χ2v) is 7.61. The molecule has 0 atom stereocenters. The maximum absolute atomic E-state index is 5.45. The lowest BCUT2D eigenvalue weighted by Crippen LogP contribution is -2.29. The molecule has 4 aromatic rings. The van der Waals surface area contributed by atoms with Crippen LogP contribution in [0, 0.1) is 0 Å². The van der Waals surface area contributed by atoms with Gasteiger partial charge in [-0.15, -0.1) is 0 Å². The first-order valence-electron chi connectivity index (χ1n) is 10.4. The first-order chi connectivity index (χ1) is 14.8. The molecule has 6 nitrogen and oxygen atoms in total. The molecule has 2 aromatic carbocycles. The molecule has 0 unspecified atom stereocenters. The average molecular weight is 399 g/mol. The topological polar surface area (TPSA) is 64.0 Å². The molecule has 5 rings (SSSR count). The standard InChI is InChI=1S/C24H25N5O/c1-30-23-8-3-2-7-22(23)28-24-13-21-17(14-26-24)5-4-6-20(21)18-15-27-29(16-18)19-9-11-25-12-10-19/h2-8,13-16,19,25H,9-12H2,1H3,(H,26,28). The van der Waals surface area contributed by atoms with Crippen LogP contribution in [0.25, 0.3) is 21.9 Å². The van der Waals surface area contributed by atoms with Crippen molar-refractivity contribution >= 4 is 22.3 Å². The summed E-state index contributed by atoms with van der Waals surface area (Å²) in [5.74, 6) is 1.57. The summed E-state index contributed by atoms with van der Waals surface area (Å²) in [6.07, 6.45) is 8.30. The number of piperidine rings is 1. The van der Waals surface area contributed by atoms with Gasteiger partial charge in [0, 0.05) is 23.3 Å². The van der Waals surface area contributed by atoms with Crippen molar-refractivity contribution in [2.45, 2.75) is 18.9 Å². The zero-order valence-corrected chi connectivity index (χ0v) is 17.0. The van der Waals surface area contributed by atoms with Gasteiger partial charge in [0.15, 0.2) is 0 Å². The molecule has 2 N–H and O–H groups in total. The van der Waals surface area contributed by atoms with E-state index >= 15 is 0 Å². The molecule has 0 aliphatic carbocycles. The number of fused-ring (bicyclic) bond motifs is 1. The molecule has 2 aromatic heterocycles. The third kappa shape index (κ3) is 3.62. The van der Waals surface area contributed by atoms with Gasteiger partial charge >= 0.3 is 0 Å². The minimum Gasteiger partial charge on any atom is -0.495 e. The first-order valence-corrected chi connectivity index (χ1v) is 10.4. The third-order valence-corrected chi connectivity index (χ3v) is 5.73. The van der Waals surface area contributed by atoms with Gasteiger partial charge in [-0.3, -0.25) is 4.68 Å². The molecule has 0 amide bonds. The fourth-order valence-electron chi connectivity index (χ4n) is 4.12. The highest BCUT2D eigenvalue weighted by molar-refractivity contribution is 5.97. The van der Waals surface area contributed by atoms with Crippen molar-refractivity contribution in [3.05, 3.63) is 67.1 Å². The van der Waals surface area contributed by atoms with Gasteiger partial charge in [0.25, 0.3) is 0 Å². The van der Waals surface area contributed by atoms with Crippen molar-refractivity contribution in [2.24, 2.45) is 0 Å². The van der Waals surface area contributed by atoms with E-state index in [1.807, 2.05) is 36.7 Å². The number of hydrogen-bond acceptors (Lipinski definition) is 5. The summed E-state index contributed by atoms with van der Waals surface area (Å²) >= 11 is 0. The van der Waals surface area contributed by atoms with Crippen LogP contribution in [0.1, 0.15) is 18.9 Å². The number of methoxy groups -OCH3 is 1. The summed E-state index contributed by atoms with van der Waals surface area (Å²) in [6, 6.07) is 16.7. The minimum atomic E-state index is 0.472. The fourth-order valence-corrected chi connectivity index (χ4v) is 4.12. The molecule has 1 aliphatic rings. The van der Waals surface area contributed by atoms with Crippen LogP contribution in [0.2, 0.25) is 0 Å². The van der Waals surface area contributed by atoms with Crippen molar-refractivity contribution in [2.75, 3.05) is 25.5 Å². The predicted molar refractivity (Wildman–Crippen MR) is 120 cm³/mol. The fraction of sp³-hybridized carbons (Fsp3) is 0.250. The molecule has 6 heteroatoms. The maximum Gasteiger partial charge on any atom is 0.142 e. The van der Waals surface area contributed by atoms with Crippen LogP contribution in [-0.4, -0.2) is 35.0 Å². The van der Waals surface area contributed by atoms with E-state index in [0.29, 0.717) is 6.04 Å². The number of nitrogens with one attached hydrogen (secondary N) is 2. The Kier molecular flexibility index (Phi) is 5.07. The van der Waals surface area contributed by atoms with Crippen molar-refractivity contribution in [1.82, 2.24) is 20.1 Å². The van der Waals surface area contributed by atoms with E-state index in [0.717, 1.165) is 65.1 Å². The summed E-state index contributed by atoms with van der Waals surface area (Å²) in [4.78, 5) is 4.60. The smallest absolute Gasteiger partial charge is 0.142 e. The highest BCUT2D eigenvalue weighted by atomic mass is 16.5. The monoisotopic (exact) mass is 399 g/mol. The number of pyridine rings is 1. The van der Waals surface area contributed by atoms with E-state index in [1.54, 1.807) is 7.11 Å². The molecule has 3 heterocycles. The molecule has 30 heavy (non-hydrogen) atoms. The Labute approximate surface area is 175 Å².